The first-order valence-electron chi connectivity index (χ1n) is 5.75. The van der Waals surface area contributed by atoms with Crippen LogP contribution in [0.4, 0.5) is 4.39 Å². The quantitative estimate of drug-likeness (QED) is 0.789. The van der Waals surface area contributed by atoms with Gasteiger partial charge in [0.15, 0.2) is 0 Å². The molecule has 0 aliphatic carbocycles. The second kappa shape index (κ2) is 6.00. The second-order valence-corrected chi connectivity index (χ2v) is 7.17. The van der Waals surface area contributed by atoms with Gasteiger partial charge in [0.2, 0.25) is 0 Å². The summed E-state index contributed by atoms with van der Waals surface area (Å²) in [6.45, 7) is 3.87. The minimum atomic E-state index is -0.178. The average Bonchev–Trinajstić information content (AvgIpc) is 2.79. The lowest BCUT2D eigenvalue weighted by atomic mass is 10.1. The SMILES string of the molecule is Cc1cc(CNC(=O)c2csc(I)c2)cc(C)c1F. The van der Waals surface area contributed by atoms with Crippen LogP contribution in [0.5, 0.6) is 0 Å². The molecule has 1 aromatic carbocycles. The Morgan fingerprint density at radius 2 is 1.95 bits per heavy atom. The number of aryl methyl sites for hydroxylation is 2. The minimum absolute atomic E-state index is 0.0983. The molecule has 19 heavy (non-hydrogen) atoms. The van der Waals surface area contributed by atoms with Crippen LogP contribution in [-0.4, -0.2) is 5.91 Å². The molecule has 0 fully saturated rings. The number of halogens is 2. The molecule has 0 saturated carbocycles. The van der Waals surface area contributed by atoms with Crippen molar-refractivity contribution < 1.29 is 9.18 Å². The fourth-order valence-electron chi connectivity index (χ4n) is 1.85. The molecule has 0 unspecified atom stereocenters. The van der Waals surface area contributed by atoms with Crippen molar-refractivity contribution in [3.05, 3.63) is 54.5 Å². The van der Waals surface area contributed by atoms with E-state index in [9.17, 15) is 9.18 Å². The van der Waals surface area contributed by atoms with E-state index < -0.39 is 0 Å². The van der Waals surface area contributed by atoms with Gasteiger partial charge >= 0.3 is 0 Å². The summed E-state index contributed by atoms with van der Waals surface area (Å²) in [6.07, 6.45) is 0. The molecule has 100 valence electrons. The molecule has 0 bridgehead atoms. The van der Waals surface area contributed by atoms with Gasteiger partial charge in [-0.15, -0.1) is 11.3 Å². The topological polar surface area (TPSA) is 29.1 Å². The zero-order valence-electron chi connectivity index (χ0n) is 10.6. The predicted octanol–water partition coefficient (Wildman–Crippen LogP) is 4.04. The fourth-order valence-corrected chi connectivity index (χ4v) is 3.18. The molecule has 1 amide bonds. The maximum absolute atomic E-state index is 13.5. The van der Waals surface area contributed by atoms with Crippen LogP contribution >= 0.6 is 33.9 Å². The van der Waals surface area contributed by atoms with Gasteiger partial charge < -0.3 is 5.32 Å². The number of thiophene rings is 1. The van der Waals surface area contributed by atoms with Gasteiger partial charge in [-0.2, -0.15) is 0 Å². The summed E-state index contributed by atoms with van der Waals surface area (Å²) < 4.78 is 14.6. The van der Waals surface area contributed by atoms with E-state index in [0.29, 0.717) is 23.2 Å². The molecule has 0 atom stereocenters. The predicted molar refractivity (Wildman–Crippen MR) is 84.1 cm³/mol. The van der Waals surface area contributed by atoms with Gasteiger partial charge in [-0.1, -0.05) is 12.1 Å². The number of hydrogen-bond donors (Lipinski definition) is 1. The van der Waals surface area contributed by atoms with Gasteiger partial charge in [0.05, 0.1) is 8.45 Å². The molecule has 2 rings (SSSR count). The molecule has 0 spiro atoms. The zero-order valence-corrected chi connectivity index (χ0v) is 13.6. The largest absolute Gasteiger partial charge is 0.348 e. The van der Waals surface area contributed by atoms with Crippen molar-refractivity contribution in [1.29, 1.82) is 0 Å². The standard InChI is InChI=1S/C14H13FINOS/c1-8-3-10(4-9(2)13(8)15)6-17-14(18)11-5-12(16)19-7-11/h3-5,7H,6H2,1-2H3,(H,17,18). The number of nitrogens with one attached hydrogen (secondary N) is 1. The summed E-state index contributed by atoms with van der Waals surface area (Å²) in [7, 11) is 0. The highest BCUT2D eigenvalue weighted by atomic mass is 127. The van der Waals surface area contributed by atoms with Crippen molar-refractivity contribution in [2.75, 3.05) is 0 Å². The molecular weight excluding hydrogens is 376 g/mol. The van der Waals surface area contributed by atoms with Crippen LogP contribution in [0.15, 0.2) is 23.6 Å². The van der Waals surface area contributed by atoms with Crippen LogP contribution in [0.2, 0.25) is 0 Å². The van der Waals surface area contributed by atoms with Crippen LogP contribution in [0.25, 0.3) is 0 Å². The molecule has 1 N–H and O–H groups in total. The second-order valence-electron chi connectivity index (χ2n) is 4.37. The minimum Gasteiger partial charge on any atom is -0.348 e. The Hall–Kier alpha value is -0.950. The third kappa shape index (κ3) is 3.54. The van der Waals surface area contributed by atoms with Crippen molar-refractivity contribution in [3.8, 4) is 0 Å². The molecule has 0 aliphatic heterocycles. The first-order chi connectivity index (χ1) is 8.97. The molecule has 1 aromatic heterocycles. The van der Waals surface area contributed by atoms with Crippen molar-refractivity contribution in [2.24, 2.45) is 0 Å². The van der Waals surface area contributed by atoms with E-state index in [0.717, 1.165) is 8.45 Å². The smallest absolute Gasteiger partial charge is 0.252 e. The Bertz CT molecular complexity index is 601. The lowest BCUT2D eigenvalue weighted by Crippen LogP contribution is -2.22. The van der Waals surface area contributed by atoms with E-state index in [2.05, 4.69) is 27.9 Å². The van der Waals surface area contributed by atoms with Crippen molar-refractivity contribution in [2.45, 2.75) is 20.4 Å². The van der Waals surface area contributed by atoms with Gasteiger partial charge in [-0.05, 0) is 59.2 Å². The zero-order chi connectivity index (χ0) is 14.0. The summed E-state index contributed by atoms with van der Waals surface area (Å²) in [5, 5.41) is 4.68. The van der Waals surface area contributed by atoms with E-state index in [1.807, 2.05) is 11.4 Å². The van der Waals surface area contributed by atoms with Gasteiger partial charge in [-0.3, -0.25) is 4.79 Å². The van der Waals surface area contributed by atoms with Crippen molar-refractivity contribution >= 4 is 39.8 Å². The van der Waals surface area contributed by atoms with Crippen LogP contribution in [0, 0.1) is 22.5 Å². The number of hydrogen-bond acceptors (Lipinski definition) is 2. The summed E-state index contributed by atoms with van der Waals surface area (Å²) in [5.74, 6) is -0.277. The first-order valence-corrected chi connectivity index (χ1v) is 7.71. The van der Waals surface area contributed by atoms with Crippen LogP contribution in [0.1, 0.15) is 27.0 Å². The van der Waals surface area contributed by atoms with Crippen molar-refractivity contribution in [1.82, 2.24) is 5.32 Å². The Morgan fingerprint density at radius 1 is 1.32 bits per heavy atom. The van der Waals surface area contributed by atoms with Crippen LogP contribution < -0.4 is 5.32 Å². The molecule has 1 heterocycles. The third-order valence-corrected chi connectivity index (χ3v) is 4.57. The summed E-state index contributed by atoms with van der Waals surface area (Å²) in [5.41, 5.74) is 2.79. The molecule has 5 heteroatoms. The monoisotopic (exact) mass is 389 g/mol. The van der Waals surface area contributed by atoms with Gasteiger partial charge in [0, 0.05) is 11.9 Å². The van der Waals surface area contributed by atoms with E-state index in [-0.39, 0.29) is 11.7 Å². The number of amides is 1. The summed E-state index contributed by atoms with van der Waals surface area (Å²) >= 11 is 3.72. The van der Waals surface area contributed by atoms with Gasteiger partial charge in [-0.25, -0.2) is 4.39 Å². The molecule has 0 saturated heterocycles. The summed E-state index contributed by atoms with van der Waals surface area (Å²) in [6, 6.07) is 5.38. The molecule has 0 radical (unpaired) electrons. The van der Waals surface area contributed by atoms with Gasteiger partial charge in [0.1, 0.15) is 5.82 Å². The Morgan fingerprint density at radius 3 is 2.47 bits per heavy atom. The average molecular weight is 389 g/mol. The van der Waals surface area contributed by atoms with Crippen LogP contribution in [0.3, 0.4) is 0 Å². The molecular formula is C14H13FINOS. The van der Waals surface area contributed by atoms with E-state index in [4.69, 9.17) is 0 Å². The maximum Gasteiger partial charge on any atom is 0.252 e. The van der Waals surface area contributed by atoms with Crippen LogP contribution in [-0.2, 0) is 6.54 Å². The highest BCUT2D eigenvalue weighted by Gasteiger charge is 2.09. The highest BCUT2D eigenvalue weighted by Crippen LogP contribution is 2.17. The van der Waals surface area contributed by atoms with E-state index in [1.165, 1.54) is 11.3 Å². The number of carbonyl (C=O) groups excluding carboxylic acids is 1. The molecule has 0 aliphatic rings. The summed E-state index contributed by atoms with van der Waals surface area (Å²) in [4.78, 5) is 11.9. The number of rotatable bonds is 3. The highest BCUT2D eigenvalue weighted by molar-refractivity contribution is 14.1. The fraction of sp³-hybridized carbons (Fsp3) is 0.214. The van der Waals surface area contributed by atoms with Crippen molar-refractivity contribution in [3.63, 3.8) is 0 Å². The molecule has 2 aromatic rings. The van der Waals surface area contributed by atoms with E-state index >= 15 is 0 Å². The van der Waals surface area contributed by atoms with E-state index in [1.54, 1.807) is 26.0 Å². The number of carbonyl (C=O) groups is 1. The van der Waals surface area contributed by atoms with Gasteiger partial charge in [0.25, 0.3) is 5.91 Å². The molecule has 2 nitrogen and oxygen atoms in total. The first kappa shape index (κ1) is 14.5. The maximum atomic E-state index is 13.5. The normalized spacial score (nSPS) is 10.5. The Kier molecular flexibility index (Phi) is 4.57. The third-order valence-electron chi connectivity index (χ3n) is 2.78. The lowest BCUT2D eigenvalue weighted by Gasteiger charge is -2.08. The Labute approximate surface area is 129 Å². The Balaban J connectivity index is 2.05. The lowest BCUT2D eigenvalue weighted by molar-refractivity contribution is 0.0951. The number of benzene rings is 1.